The van der Waals surface area contributed by atoms with E-state index in [-0.39, 0.29) is 23.4 Å². The standard InChI is InChI=1S/C13H13FN2O2/c1-2-10(13(17)18)5-6-16-12-4-3-9(8-15)7-11(12)14/h3-5,7,16H,2,6H2,1H3,(H,17,18)/b10-5-. The number of nitrogens with zero attached hydrogens (tertiary/aromatic N) is 1. The van der Waals surface area contributed by atoms with Crippen molar-refractivity contribution in [2.75, 3.05) is 11.9 Å². The van der Waals surface area contributed by atoms with Gasteiger partial charge >= 0.3 is 5.97 Å². The minimum Gasteiger partial charge on any atom is -0.478 e. The highest BCUT2D eigenvalue weighted by Crippen LogP contribution is 2.15. The summed E-state index contributed by atoms with van der Waals surface area (Å²) in [6.07, 6.45) is 1.91. The third-order valence-corrected chi connectivity index (χ3v) is 2.39. The number of aliphatic carboxylic acids is 1. The van der Waals surface area contributed by atoms with Gasteiger partial charge < -0.3 is 10.4 Å². The number of hydrogen-bond acceptors (Lipinski definition) is 3. The fraction of sp³-hybridized carbons (Fsp3) is 0.231. The molecule has 0 heterocycles. The van der Waals surface area contributed by atoms with Crippen LogP contribution in [-0.2, 0) is 4.79 Å². The summed E-state index contributed by atoms with van der Waals surface area (Å²) in [5, 5.41) is 20.1. The predicted octanol–water partition coefficient (Wildman–Crippen LogP) is 2.53. The van der Waals surface area contributed by atoms with Crippen LogP contribution in [0.15, 0.2) is 29.8 Å². The van der Waals surface area contributed by atoms with Crippen molar-refractivity contribution >= 4 is 11.7 Å². The lowest BCUT2D eigenvalue weighted by molar-refractivity contribution is -0.132. The summed E-state index contributed by atoms with van der Waals surface area (Å²) in [5.74, 6) is -1.50. The van der Waals surface area contributed by atoms with Crippen molar-refractivity contribution in [1.29, 1.82) is 5.26 Å². The van der Waals surface area contributed by atoms with Gasteiger partial charge in [0.15, 0.2) is 0 Å². The minimum atomic E-state index is -0.973. The highest BCUT2D eigenvalue weighted by atomic mass is 19.1. The van der Waals surface area contributed by atoms with Crippen molar-refractivity contribution in [2.45, 2.75) is 13.3 Å². The molecule has 4 nitrogen and oxygen atoms in total. The third-order valence-electron chi connectivity index (χ3n) is 2.39. The van der Waals surface area contributed by atoms with Crippen molar-refractivity contribution in [1.82, 2.24) is 0 Å². The van der Waals surface area contributed by atoms with E-state index in [4.69, 9.17) is 10.4 Å². The number of nitriles is 1. The SMILES string of the molecule is CC/C(=C/CNc1ccc(C#N)cc1F)C(=O)O. The number of anilines is 1. The zero-order chi connectivity index (χ0) is 13.5. The third kappa shape index (κ3) is 3.59. The van der Waals surface area contributed by atoms with Crippen molar-refractivity contribution in [3.05, 3.63) is 41.2 Å². The summed E-state index contributed by atoms with van der Waals surface area (Å²) < 4.78 is 13.5. The molecule has 0 aliphatic carbocycles. The number of hydrogen-bond donors (Lipinski definition) is 2. The number of nitrogens with one attached hydrogen (secondary N) is 1. The van der Waals surface area contributed by atoms with Crippen molar-refractivity contribution in [3.63, 3.8) is 0 Å². The molecule has 5 heteroatoms. The Bertz CT molecular complexity index is 518. The summed E-state index contributed by atoms with van der Waals surface area (Å²) in [6, 6.07) is 5.91. The quantitative estimate of drug-likeness (QED) is 0.785. The Morgan fingerprint density at radius 2 is 2.33 bits per heavy atom. The zero-order valence-corrected chi connectivity index (χ0v) is 9.90. The molecule has 0 fully saturated rings. The largest absolute Gasteiger partial charge is 0.478 e. The van der Waals surface area contributed by atoms with Gasteiger partial charge in [-0.1, -0.05) is 13.0 Å². The molecular weight excluding hydrogens is 235 g/mol. The molecule has 0 saturated carbocycles. The maximum Gasteiger partial charge on any atom is 0.331 e. The Morgan fingerprint density at radius 3 is 2.83 bits per heavy atom. The Hall–Kier alpha value is -2.35. The number of carbonyl (C=O) groups is 1. The highest BCUT2D eigenvalue weighted by Gasteiger charge is 2.04. The lowest BCUT2D eigenvalue weighted by Gasteiger charge is -2.05. The van der Waals surface area contributed by atoms with E-state index < -0.39 is 11.8 Å². The molecule has 0 aromatic heterocycles. The fourth-order valence-electron chi connectivity index (χ4n) is 1.40. The van der Waals surface area contributed by atoms with E-state index in [0.29, 0.717) is 6.42 Å². The van der Waals surface area contributed by atoms with Gasteiger partial charge in [0.1, 0.15) is 5.82 Å². The minimum absolute atomic E-state index is 0.221. The Labute approximate surface area is 104 Å². The van der Waals surface area contributed by atoms with E-state index in [0.717, 1.165) is 6.07 Å². The van der Waals surface area contributed by atoms with Crippen LogP contribution in [0.2, 0.25) is 0 Å². The van der Waals surface area contributed by atoms with Gasteiger partial charge in [-0.25, -0.2) is 9.18 Å². The molecule has 1 aromatic carbocycles. The van der Waals surface area contributed by atoms with Crippen LogP contribution in [0.1, 0.15) is 18.9 Å². The second-order valence-corrected chi connectivity index (χ2v) is 3.58. The van der Waals surface area contributed by atoms with Crippen molar-refractivity contribution < 1.29 is 14.3 Å². The van der Waals surface area contributed by atoms with E-state index in [1.165, 1.54) is 18.2 Å². The van der Waals surface area contributed by atoms with Crippen molar-refractivity contribution in [3.8, 4) is 6.07 Å². The lowest BCUT2D eigenvalue weighted by Crippen LogP contribution is -2.05. The fourth-order valence-corrected chi connectivity index (χ4v) is 1.40. The van der Waals surface area contributed by atoms with Crippen LogP contribution in [0.25, 0.3) is 0 Å². The molecule has 94 valence electrons. The summed E-state index contributed by atoms with van der Waals surface area (Å²) in [7, 11) is 0. The van der Waals surface area contributed by atoms with Gasteiger partial charge in [0.25, 0.3) is 0 Å². The van der Waals surface area contributed by atoms with E-state index in [9.17, 15) is 9.18 Å². The predicted molar refractivity (Wildman–Crippen MR) is 65.6 cm³/mol. The van der Waals surface area contributed by atoms with E-state index in [2.05, 4.69) is 5.32 Å². The molecule has 1 aromatic rings. The lowest BCUT2D eigenvalue weighted by atomic mass is 10.2. The molecule has 0 radical (unpaired) electrons. The van der Waals surface area contributed by atoms with E-state index in [1.807, 2.05) is 6.07 Å². The molecule has 1 rings (SSSR count). The second kappa shape index (κ2) is 6.40. The summed E-state index contributed by atoms with van der Waals surface area (Å²) in [5.41, 5.74) is 0.760. The Balaban J connectivity index is 2.70. The first-order valence-electron chi connectivity index (χ1n) is 5.44. The van der Waals surface area contributed by atoms with Crippen LogP contribution in [0.5, 0.6) is 0 Å². The average molecular weight is 248 g/mol. The molecule has 0 atom stereocenters. The van der Waals surface area contributed by atoms with Gasteiger partial charge in [-0.05, 0) is 24.6 Å². The summed E-state index contributed by atoms with van der Waals surface area (Å²) >= 11 is 0. The smallest absolute Gasteiger partial charge is 0.331 e. The van der Waals surface area contributed by atoms with Gasteiger partial charge in [0, 0.05) is 12.1 Å². The molecule has 0 aliphatic heterocycles. The first-order valence-corrected chi connectivity index (χ1v) is 5.44. The molecule has 0 aliphatic rings. The zero-order valence-electron chi connectivity index (χ0n) is 9.90. The second-order valence-electron chi connectivity index (χ2n) is 3.58. The number of carboxylic acids is 1. The average Bonchev–Trinajstić information content (AvgIpc) is 2.35. The molecule has 0 spiro atoms. The van der Waals surface area contributed by atoms with Crippen LogP contribution < -0.4 is 5.32 Å². The molecule has 18 heavy (non-hydrogen) atoms. The van der Waals surface area contributed by atoms with Crippen molar-refractivity contribution in [2.24, 2.45) is 0 Å². The van der Waals surface area contributed by atoms with Crippen LogP contribution in [0.3, 0.4) is 0 Å². The molecular formula is C13H13FN2O2. The monoisotopic (exact) mass is 248 g/mol. The summed E-state index contributed by atoms with van der Waals surface area (Å²) in [6.45, 7) is 1.96. The Morgan fingerprint density at radius 1 is 1.61 bits per heavy atom. The molecule has 2 N–H and O–H groups in total. The maximum atomic E-state index is 13.5. The molecule has 0 amide bonds. The van der Waals surface area contributed by atoms with E-state index in [1.54, 1.807) is 6.92 Å². The van der Waals surface area contributed by atoms with Crippen LogP contribution in [-0.4, -0.2) is 17.6 Å². The first kappa shape index (κ1) is 13.7. The Kier molecular flexibility index (Phi) is 4.88. The number of halogens is 1. The van der Waals surface area contributed by atoms with Crippen LogP contribution >= 0.6 is 0 Å². The number of benzene rings is 1. The molecule has 0 saturated heterocycles. The summed E-state index contributed by atoms with van der Waals surface area (Å²) in [4.78, 5) is 10.7. The topological polar surface area (TPSA) is 73.1 Å². The highest BCUT2D eigenvalue weighted by molar-refractivity contribution is 5.86. The van der Waals surface area contributed by atoms with Crippen LogP contribution in [0.4, 0.5) is 10.1 Å². The van der Waals surface area contributed by atoms with Gasteiger partial charge in [0.05, 0.1) is 17.3 Å². The first-order chi connectivity index (χ1) is 8.58. The molecule has 0 unspecified atom stereocenters. The van der Waals surface area contributed by atoms with Gasteiger partial charge in [-0.2, -0.15) is 5.26 Å². The van der Waals surface area contributed by atoms with Gasteiger partial charge in [0.2, 0.25) is 0 Å². The van der Waals surface area contributed by atoms with Gasteiger partial charge in [-0.3, -0.25) is 0 Å². The number of carboxylic acid groups (broad SMARTS) is 1. The normalized spacial score (nSPS) is 10.8. The van der Waals surface area contributed by atoms with Gasteiger partial charge in [-0.15, -0.1) is 0 Å². The maximum absolute atomic E-state index is 13.5. The number of rotatable bonds is 5. The van der Waals surface area contributed by atoms with E-state index >= 15 is 0 Å². The van der Waals surface area contributed by atoms with Crippen LogP contribution in [0, 0.1) is 17.1 Å². The molecule has 0 bridgehead atoms.